The van der Waals surface area contributed by atoms with Crippen LogP contribution in [-0.2, 0) is 4.79 Å². The van der Waals surface area contributed by atoms with Crippen LogP contribution in [0.4, 0.5) is 13.2 Å². The lowest BCUT2D eigenvalue weighted by Gasteiger charge is -2.55. The van der Waals surface area contributed by atoms with Crippen LogP contribution in [0.25, 0.3) is 0 Å². The largest absolute Gasteiger partial charge is 0.391 e. The number of halogens is 5. The average Bonchev–Trinajstić information content (AvgIpc) is 2.80. The number of likely N-dealkylation sites (tertiary alicyclic amines) is 1. The van der Waals surface area contributed by atoms with Gasteiger partial charge in [0.25, 0.3) is 0 Å². The first-order valence-corrected chi connectivity index (χ1v) is 12.8. The highest BCUT2D eigenvalue weighted by Crippen LogP contribution is 2.54. The van der Waals surface area contributed by atoms with Gasteiger partial charge in [0.15, 0.2) is 0 Å². The molecule has 1 N–H and O–H groups in total. The molecular weight excluding hydrogens is 510 g/mol. The Bertz CT molecular complexity index is 1090. The summed E-state index contributed by atoms with van der Waals surface area (Å²) in [4.78, 5) is 15.5. The summed E-state index contributed by atoms with van der Waals surface area (Å²) in [6.07, 6.45) is -2.89. The molecule has 1 saturated heterocycles. The standard InChI is InChI=1S/C28H32Cl2F3NO2/c1-5-14-26(4)17-23(20-8-7-9-22(30)15-20)24(19-10-12-21(29)13-11-19)34(25(26)35)27(36,6-2)16-18(3)28(31,32)33/h5,7-13,15,18,23-24,36H,1,6,14,16-17H2,2-4H3/t18?,23-,24-,26+,27+/m1/s1. The number of benzene rings is 2. The number of rotatable bonds is 8. The fraction of sp³-hybridized carbons (Fsp3) is 0.464. The Morgan fingerprint density at radius 2 is 1.81 bits per heavy atom. The van der Waals surface area contributed by atoms with Crippen molar-refractivity contribution in [2.45, 2.75) is 70.3 Å². The molecule has 1 fully saturated rings. The Hall–Kier alpha value is -2.02. The van der Waals surface area contributed by atoms with Crippen molar-refractivity contribution in [3.8, 4) is 0 Å². The summed E-state index contributed by atoms with van der Waals surface area (Å²) < 4.78 is 40.9. The number of hydrogen-bond acceptors (Lipinski definition) is 2. The maximum Gasteiger partial charge on any atom is 0.391 e. The molecule has 2 aromatic carbocycles. The van der Waals surface area contributed by atoms with Gasteiger partial charge in [0.1, 0.15) is 5.72 Å². The van der Waals surface area contributed by atoms with Crippen LogP contribution in [0.3, 0.4) is 0 Å². The highest BCUT2D eigenvalue weighted by atomic mass is 35.5. The van der Waals surface area contributed by atoms with Crippen molar-refractivity contribution >= 4 is 29.1 Å². The highest BCUT2D eigenvalue weighted by molar-refractivity contribution is 6.30. The van der Waals surface area contributed by atoms with Gasteiger partial charge in [0, 0.05) is 22.4 Å². The van der Waals surface area contributed by atoms with Gasteiger partial charge >= 0.3 is 6.18 Å². The summed E-state index contributed by atoms with van der Waals surface area (Å²) in [7, 11) is 0. The molecule has 3 nitrogen and oxygen atoms in total. The third-order valence-electron chi connectivity index (χ3n) is 7.35. The predicted molar refractivity (Wildman–Crippen MR) is 138 cm³/mol. The van der Waals surface area contributed by atoms with E-state index in [-0.39, 0.29) is 12.3 Å². The second-order valence-electron chi connectivity index (χ2n) is 10.1. The minimum absolute atomic E-state index is 0.0737. The molecule has 0 saturated carbocycles. The lowest BCUT2D eigenvalue weighted by molar-refractivity contribution is -0.221. The van der Waals surface area contributed by atoms with Crippen molar-refractivity contribution < 1.29 is 23.1 Å². The van der Waals surface area contributed by atoms with Crippen molar-refractivity contribution in [3.63, 3.8) is 0 Å². The first-order valence-electron chi connectivity index (χ1n) is 12.0. The smallest absolute Gasteiger partial charge is 0.371 e. The van der Waals surface area contributed by atoms with Crippen LogP contribution in [0.5, 0.6) is 0 Å². The number of carbonyl (C=O) groups excluding carboxylic acids is 1. The van der Waals surface area contributed by atoms with E-state index in [2.05, 4.69) is 6.58 Å². The number of alkyl halides is 3. The fourth-order valence-corrected chi connectivity index (χ4v) is 5.64. The Kier molecular flexibility index (Phi) is 8.54. The van der Waals surface area contributed by atoms with Crippen LogP contribution >= 0.6 is 23.2 Å². The number of hydrogen-bond donors (Lipinski definition) is 1. The lowest BCUT2D eigenvalue weighted by atomic mass is 9.66. The van der Waals surface area contributed by atoms with Gasteiger partial charge in [-0.2, -0.15) is 13.2 Å². The van der Waals surface area contributed by atoms with Crippen LogP contribution in [0.2, 0.25) is 10.0 Å². The summed E-state index contributed by atoms with van der Waals surface area (Å²) in [5.74, 6) is -2.58. The van der Waals surface area contributed by atoms with Gasteiger partial charge in [0.2, 0.25) is 5.91 Å². The van der Waals surface area contributed by atoms with E-state index in [4.69, 9.17) is 23.2 Å². The topological polar surface area (TPSA) is 40.5 Å². The van der Waals surface area contributed by atoms with Crippen molar-refractivity contribution in [1.82, 2.24) is 4.90 Å². The molecule has 8 heteroatoms. The zero-order valence-corrected chi connectivity index (χ0v) is 22.2. The molecule has 1 amide bonds. The van der Waals surface area contributed by atoms with Gasteiger partial charge in [-0.25, -0.2) is 0 Å². The van der Waals surface area contributed by atoms with Gasteiger partial charge in [-0.05, 0) is 54.7 Å². The number of allylic oxidation sites excluding steroid dienone is 1. The van der Waals surface area contributed by atoms with Crippen molar-refractivity contribution in [2.24, 2.45) is 11.3 Å². The number of nitrogens with zero attached hydrogens (tertiary/aromatic N) is 1. The molecular formula is C28H32Cl2F3NO2. The molecule has 3 rings (SSSR count). The lowest BCUT2D eigenvalue weighted by Crippen LogP contribution is -2.62. The van der Waals surface area contributed by atoms with Gasteiger partial charge < -0.3 is 10.0 Å². The Balaban J connectivity index is 2.28. The van der Waals surface area contributed by atoms with E-state index in [0.29, 0.717) is 28.5 Å². The highest BCUT2D eigenvalue weighted by Gasteiger charge is 2.56. The van der Waals surface area contributed by atoms with Crippen LogP contribution in [0, 0.1) is 11.3 Å². The summed E-state index contributed by atoms with van der Waals surface area (Å²) in [5.41, 5.74) is -1.53. The van der Waals surface area contributed by atoms with Crippen molar-refractivity contribution in [1.29, 1.82) is 0 Å². The molecule has 36 heavy (non-hydrogen) atoms. The summed E-state index contributed by atoms with van der Waals surface area (Å²) in [6.45, 7) is 8.22. The van der Waals surface area contributed by atoms with Crippen molar-refractivity contribution in [3.05, 3.63) is 82.4 Å². The molecule has 2 aromatic rings. The van der Waals surface area contributed by atoms with E-state index in [0.717, 1.165) is 12.5 Å². The molecule has 1 heterocycles. The van der Waals surface area contributed by atoms with Crippen molar-refractivity contribution in [2.75, 3.05) is 0 Å². The minimum Gasteiger partial charge on any atom is -0.371 e. The monoisotopic (exact) mass is 541 g/mol. The first kappa shape index (κ1) is 28.5. The summed E-state index contributed by atoms with van der Waals surface area (Å²) >= 11 is 12.5. The Morgan fingerprint density at radius 1 is 1.17 bits per heavy atom. The molecule has 1 aliphatic rings. The molecule has 1 unspecified atom stereocenters. The number of carbonyl (C=O) groups is 1. The predicted octanol–water partition coefficient (Wildman–Crippen LogP) is 8.32. The molecule has 0 bridgehead atoms. The zero-order chi connectivity index (χ0) is 26.9. The van der Waals surface area contributed by atoms with Crippen LogP contribution in [-0.4, -0.2) is 27.8 Å². The molecule has 1 aliphatic heterocycles. The minimum atomic E-state index is -4.52. The molecule has 0 radical (unpaired) electrons. The molecule has 0 spiro atoms. The summed E-state index contributed by atoms with van der Waals surface area (Å²) in [6, 6.07) is 13.4. The third-order valence-corrected chi connectivity index (χ3v) is 7.84. The number of aliphatic hydroxyl groups is 1. The van der Waals surface area contributed by atoms with Gasteiger partial charge in [0.05, 0.1) is 17.4 Å². The first-order chi connectivity index (χ1) is 16.8. The van der Waals surface area contributed by atoms with E-state index in [1.165, 1.54) is 4.90 Å². The average molecular weight is 542 g/mol. The Labute approximate surface area is 220 Å². The summed E-state index contributed by atoms with van der Waals surface area (Å²) in [5, 5.41) is 12.9. The number of amides is 1. The maximum atomic E-state index is 14.2. The molecule has 0 aromatic heterocycles. The third kappa shape index (κ3) is 5.76. The van der Waals surface area contributed by atoms with Gasteiger partial charge in [-0.1, -0.05) is 74.3 Å². The fourth-order valence-electron chi connectivity index (χ4n) is 5.32. The van der Waals surface area contributed by atoms with Crippen LogP contribution in [0.1, 0.15) is 69.5 Å². The SMILES string of the molecule is C=CC[C@@]1(C)C[C@H](c2cccc(Cl)c2)[C@@H](c2ccc(Cl)cc2)N([C@](O)(CC)CC(C)C(F)(F)F)C1=O. The van der Waals surface area contributed by atoms with Crippen LogP contribution < -0.4 is 0 Å². The van der Waals surface area contributed by atoms with E-state index in [1.54, 1.807) is 62.4 Å². The van der Waals surface area contributed by atoms with E-state index < -0.39 is 41.6 Å². The van der Waals surface area contributed by atoms with Gasteiger partial charge in [-0.3, -0.25) is 4.79 Å². The van der Waals surface area contributed by atoms with E-state index >= 15 is 0 Å². The maximum absolute atomic E-state index is 14.2. The van der Waals surface area contributed by atoms with E-state index in [1.807, 2.05) is 6.07 Å². The Morgan fingerprint density at radius 3 is 2.33 bits per heavy atom. The zero-order valence-electron chi connectivity index (χ0n) is 20.7. The molecule has 5 atom stereocenters. The second kappa shape index (κ2) is 10.8. The quantitative estimate of drug-likeness (QED) is 0.341. The molecule has 196 valence electrons. The van der Waals surface area contributed by atoms with E-state index in [9.17, 15) is 23.1 Å². The van der Waals surface area contributed by atoms with Gasteiger partial charge in [-0.15, -0.1) is 6.58 Å². The second-order valence-corrected chi connectivity index (χ2v) is 10.9. The van der Waals surface area contributed by atoms with Crippen LogP contribution in [0.15, 0.2) is 61.2 Å². The number of piperidine rings is 1. The normalized spacial score (nSPS) is 25.4. The molecule has 0 aliphatic carbocycles.